The van der Waals surface area contributed by atoms with Crippen molar-refractivity contribution in [3.63, 3.8) is 0 Å². The standard InChI is InChI=1S/C13H16N2O4/c14-13(19)12(11(18)5-8-17)9(4-7-16)10-3-1-2-6-15-10/h1-3,6,16-17H,4-5,7-8H2,(H2,14,19). The Hall–Kier alpha value is -2.05. The van der Waals surface area contributed by atoms with E-state index in [-0.39, 0.29) is 31.6 Å². The number of primary amides is 1. The normalized spacial score (nSPS) is 11.9. The molecule has 0 aliphatic rings. The summed E-state index contributed by atoms with van der Waals surface area (Å²) in [6.07, 6.45) is 1.41. The molecular formula is C13H16N2O4. The molecule has 0 atom stereocenters. The van der Waals surface area contributed by atoms with Crippen molar-refractivity contribution < 1.29 is 19.8 Å². The minimum atomic E-state index is -0.882. The second kappa shape index (κ2) is 7.40. The van der Waals surface area contributed by atoms with Crippen LogP contribution in [0.4, 0.5) is 0 Å². The molecule has 0 radical (unpaired) electrons. The van der Waals surface area contributed by atoms with E-state index in [4.69, 9.17) is 15.9 Å². The van der Waals surface area contributed by atoms with Gasteiger partial charge in [-0.05, 0) is 24.1 Å². The maximum atomic E-state index is 11.8. The molecule has 0 saturated heterocycles. The number of carbonyl (C=O) groups excluding carboxylic acids is 2. The average molecular weight is 264 g/mol. The zero-order valence-electron chi connectivity index (χ0n) is 10.4. The number of hydrogen-bond acceptors (Lipinski definition) is 5. The Morgan fingerprint density at radius 1 is 1.16 bits per heavy atom. The molecule has 0 aromatic carbocycles. The first-order chi connectivity index (χ1) is 9.11. The van der Waals surface area contributed by atoms with Gasteiger partial charge in [-0.3, -0.25) is 14.6 Å². The lowest BCUT2D eigenvalue weighted by Gasteiger charge is -2.10. The number of pyridine rings is 1. The molecule has 0 fully saturated rings. The van der Waals surface area contributed by atoms with E-state index in [1.807, 2.05) is 0 Å². The molecule has 4 N–H and O–H groups in total. The minimum Gasteiger partial charge on any atom is -0.396 e. The molecule has 1 heterocycles. The van der Waals surface area contributed by atoms with Gasteiger partial charge >= 0.3 is 0 Å². The first-order valence-electron chi connectivity index (χ1n) is 5.81. The lowest BCUT2D eigenvalue weighted by molar-refractivity contribution is -0.121. The number of hydrogen-bond donors (Lipinski definition) is 3. The van der Waals surface area contributed by atoms with Crippen molar-refractivity contribution in [3.05, 3.63) is 35.7 Å². The molecule has 6 nitrogen and oxygen atoms in total. The second-order valence-electron chi connectivity index (χ2n) is 3.80. The molecule has 0 bridgehead atoms. The summed E-state index contributed by atoms with van der Waals surface area (Å²) in [5.41, 5.74) is 5.73. The van der Waals surface area contributed by atoms with Crippen LogP contribution in [0.2, 0.25) is 0 Å². The van der Waals surface area contributed by atoms with Crippen LogP contribution in [0.15, 0.2) is 30.0 Å². The summed E-state index contributed by atoms with van der Waals surface area (Å²) in [5, 5.41) is 17.9. The van der Waals surface area contributed by atoms with E-state index >= 15 is 0 Å². The summed E-state index contributed by atoms with van der Waals surface area (Å²) < 4.78 is 0. The summed E-state index contributed by atoms with van der Waals surface area (Å²) in [6, 6.07) is 5.02. The highest BCUT2D eigenvalue weighted by Crippen LogP contribution is 2.21. The van der Waals surface area contributed by atoms with Gasteiger partial charge in [-0.1, -0.05) is 6.07 Å². The Bertz CT molecular complexity index is 483. The third-order valence-electron chi connectivity index (χ3n) is 2.50. The highest BCUT2D eigenvalue weighted by molar-refractivity contribution is 6.23. The van der Waals surface area contributed by atoms with E-state index in [0.29, 0.717) is 11.3 Å². The van der Waals surface area contributed by atoms with E-state index in [0.717, 1.165) is 0 Å². The van der Waals surface area contributed by atoms with Gasteiger partial charge < -0.3 is 15.9 Å². The number of rotatable bonds is 7. The lowest BCUT2D eigenvalue weighted by atomic mass is 9.96. The van der Waals surface area contributed by atoms with Crippen molar-refractivity contribution in [2.45, 2.75) is 12.8 Å². The van der Waals surface area contributed by atoms with E-state index < -0.39 is 11.7 Å². The largest absolute Gasteiger partial charge is 0.396 e. The molecule has 1 aromatic rings. The van der Waals surface area contributed by atoms with E-state index in [1.165, 1.54) is 6.20 Å². The van der Waals surface area contributed by atoms with Crippen LogP contribution >= 0.6 is 0 Å². The van der Waals surface area contributed by atoms with Crippen LogP contribution in [-0.2, 0) is 9.59 Å². The number of ketones is 1. The molecule has 102 valence electrons. The molecule has 1 aromatic heterocycles. The Labute approximate surface area is 110 Å². The topological polar surface area (TPSA) is 114 Å². The molecule has 19 heavy (non-hydrogen) atoms. The summed E-state index contributed by atoms with van der Waals surface area (Å²) in [5.74, 6) is -1.43. The van der Waals surface area contributed by atoms with Crippen LogP contribution in [0.25, 0.3) is 5.57 Å². The van der Waals surface area contributed by atoms with Gasteiger partial charge in [-0.15, -0.1) is 0 Å². The van der Waals surface area contributed by atoms with Gasteiger partial charge in [0, 0.05) is 19.2 Å². The van der Waals surface area contributed by atoms with E-state index in [1.54, 1.807) is 18.2 Å². The third-order valence-corrected chi connectivity index (χ3v) is 2.50. The second-order valence-corrected chi connectivity index (χ2v) is 3.80. The number of aliphatic hydroxyl groups is 2. The first kappa shape index (κ1) is 15.0. The van der Waals surface area contributed by atoms with Crippen LogP contribution in [0, 0.1) is 0 Å². The average Bonchev–Trinajstić information content (AvgIpc) is 2.39. The lowest BCUT2D eigenvalue weighted by Crippen LogP contribution is -2.23. The fourth-order valence-electron chi connectivity index (χ4n) is 1.72. The van der Waals surface area contributed by atoms with Crippen LogP contribution in [0.3, 0.4) is 0 Å². The van der Waals surface area contributed by atoms with Crippen molar-refractivity contribution in [1.29, 1.82) is 0 Å². The molecule has 0 saturated carbocycles. The zero-order chi connectivity index (χ0) is 14.3. The monoisotopic (exact) mass is 264 g/mol. The molecule has 0 spiro atoms. The third kappa shape index (κ3) is 3.97. The number of carbonyl (C=O) groups is 2. The van der Waals surface area contributed by atoms with Crippen LogP contribution < -0.4 is 5.73 Å². The Balaban J connectivity index is 3.34. The zero-order valence-corrected chi connectivity index (χ0v) is 10.4. The van der Waals surface area contributed by atoms with E-state index in [9.17, 15) is 9.59 Å². The predicted molar refractivity (Wildman–Crippen MR) is 68.8 cm³/mol. The maximum absolute atomic E-state index is 11.8. The quantitative estimate of drug-likeness (QED) is 0.354. The number of amides is 1. The van der Waals surface area contributed by atoms with Gasteiger partial charge in [0.15, 0.2) is 5.78 Å². The number of nitrogens with two attached hydrogens (primary N) is 1. The van der Waals surface area contributed by atoms with E-state index in [2.05, 4.69) is 4.98 Å². The molecule has 1 rings (SSSR count). The SMILES string of the molecule is NC(=O)C(C(=O)CCO)=C(CCO)c1ccccn1. The predicted octanol–water partition coefficient (Wildman–Crippen LogP) is -0.346. The number of Topliss-reactive ketones (excluding diaryl/α,β-unsaturated/α-hetero) is 1. The van der Waals surface area contributed by atoms with Crippen molar-refractivity contribution in [2.24, 2.45) is 5.73 Å². The first-order valence-corrected chi connectivity index (χ1v) is 5.81. The van der Waals surface area contributed by atoms with Crippen molar-refractivity contribution in [1.82, 2.24) is 4.98 Å². The Kier molecular flexibility index (Phi) is 5.84. The molecule has 1 amide bonds. The Morgan fingerprint density at radius 3 is 2.32 bits per heavy atom. The molecule has 0 aliphatic carbocycles. The number of nitrogens with zero attached hydrogens (tertiary/aromatic N) is 1. The number of aliphatic hydroxyl groups excluding tert-OH is 2. The van der Waals surface area contributed by atoms with Gasteiger partial charge in [-0.2, -0.15) is 0 Å². The molecule has 6 heteroatoms. The molecular weight excluding hydrogens is 248 g/mol. The summed E-state index contributed by atoms with van der Waals surface area (Å²) >= 11 is 0. The van der Waals surface area contributed by atoms with Gasteiger partial charge in [0.1, 0.15) is 0 Å². The van der Waals surface area contributed by atoms with Crippen LogP contribution in [-0.4, -0.2) is 40.1 Å². The van der Waals surface area contributed by atoms with Crippen LogP contribution in [0.5, 0.6) is 0 Å². The fourth-order valence-corrected chi connectivity index (χ4v) is 1.72. The van der Waals surface area contributed by atoms with Crippen LogP contribution in [0.1, 0.15) is 18.5 Å². The summed E-state index contributed by atoms with van der Waals surface area (Å²) in [7, 11) is 0. The molecule has 0 unspecified atom stereocenters. The molecule has 0 aliphatic heterocycles. The van der Waals surface area contributed by atoms with Gasteiger partial charge in [0.2, 0.25) is 0 Å². The van der Waals surface area contributed by atoms with Gasteiger partial charge in [0.05, 0.1) is 17.9 Å². The summed E-state index contributed by atoms with van der Waals surface area (Å²) in [6.45, 7) is -0.612. The minimum absolute atomic E-state index is 0.0897. The van der Waals surface area contributed by atoms with Gasteiger partial charge in [0.25, 0.3) is 5.91 Å². The van der Waals surface area contributed by atoms with Crippen molar-refractivity contribution in [2.75, 3.05) is 13.2 Å². The van der Waals surface area contributed by atoms with Crippen molar-refractivity contribution >= 4 is 17.3 Å². The fraction of sp³-hybridized carbons (Fsp3) is 0.308. The Morgan fingerprint density at radius 2 is 1.84 bits per heavy atom. The summed E-state index contributed by atoms with van der Waals surface area (Å²) in [4.78, 5) is 27.4. The maximum Gasteiger partial charge on any atom is 0.252 e. The van der Waals surface area contributed by atoms with Crippen molar-refractivity contribution in [3.8, 4) is 0 Å². The smallest absolute Gasteiger partial charge is 0.252 e. The van der Waals surface area contributed by atoms with Gasteiger partial charge in [-0.25, -0.2) is 0 Å². The highest BCUT2D eigenvalue weighted by atomic mass is 16.3. The number of aromatic nitrogens is 1. The highest BCUT2D eigenvalue weighted by Gasteiger charge is 2.21.